The molecule has 0 radical (unpaired) electrons. The van der Waals surface area contributed by atoms with Crippen molar-refractivity contribution in [2.45, 2.75) is 71.1 Å². The molecule has 2 unspecified atom stereocenters. The lowest BCUT2D eigenvalue weighted by molar-refractivity contribution is 0.288. The van der Waals surface area contributed by atoms with Crippen molar-refractivity contribution in [1.29, 1.82) is 0 Å². The summed E-state index contributed by atoms with van der Waals surface area (Å²) < 4.78 is 5.70. The summed E-state index contributed by atoms with van der Waals surface area (Å²) in [7, 11) is 2.21. The van der Waals surface area contributed by atoms with Gasteiger partial charge in [-0.3, -0.25) is 0 Å². The number of allylic oxidation sites excluding steroid dienone is 1. The van der Waals surface area contributed by atoms with E-state index in [1.165, 1.54) is 98.5 Å². The lowest BCUT2D eigenvalue weighted by atomic mass is 9.98. The van der Waals surface area contributed by atoms with Crippen LogP contribution in [0.25, 0.3) is 5.57 Å². The lowest BCUT2D eigenvalue weighted by Gasteiger charge is -2.17. The molecular weight excluding hydrogens is 440 g/mol. The van der Waals surface area contributed by atoms with Gasteiger partial charge in [0.05, 0.1) is 6.61 Å². The predicted octanol–water partition coefficient (Wildman–Crippen LogP) is 7.57. The molecule has 2 N–H and O–H groups in total. The third-order valence-corrected chi connectivity index (χ3v) is 7.54. The second kappa shape index (κ2) is 14.9. The first-order chi connectivity index (χ1) is 17.5. The number of nitrogens with zero attached hydrogens (tertiary/aromatic N) is 1. The van der Waals surface area contributed by atoms with E-state index in [0.29, 0.717) is 0 Å². The highest BCUT2D eigenvalue weighted by molar-refractivity contribution is 5.63. The van der Waals surface area contributed by atoms with Crippen molar-refractivity contribution >= 4 is 5.57 Å². The molecule has 2 fully saturated rings. The molecule has 3 nitrogen and oxygen atoms in total. The smallest absolute Gasteiger partial charge is 0.122 e. The largest absolute Gasteiger partial charge is 0.493 e. The van der Waals surface area contributed by atoms with E-state index in [9.17, 15) is 0 Å². The average Bonchev–Trinajstić information content (AvgIpc) is 3.50. The third-order valence-electron chi connectivity index (χ3n) is 7.54. The van der Waals surface area contributed by atoms with E-state index in [1.54, 1.807) is 0 Å². The van der Waals surface area contributed by atoms with Gasteiger partial charge >= 0.3 is 0 Å². The van der Waals surface area contributed by atoms with Gasteiger partial charge in [-0.25, -0.2) is 0 Å². The molecule has 0 spiro atoms. The first-order valence-corrected chi connectivity index (χ1v) is 14.0. The Morgan fingerprint density at radius 3 is 2.36 bits per heavy atom. The van der Waals surface area contributed by atoms with Crippen LogP contribution in [0.4, 0.5) is 0 Å². The van der Waals surface area contributed by atoms with Crippen molar-refractivity contribution in [3.63, 3.8) is 0 Å². The Morgan fingerprint density at radius 2 is 1.69 bits per heavy atom. The lowest BCUT2D eigenvalue weighted by Crippen LogP contribution is -2.15. The van der Waals surface area contributed by atoms with Crippen LogP contribution in [0.5, 0.6) is 5.75 Å². The number of benzene rings is 2. The van der Waals surface area contributed by atoms with Crippen LogP contribution in [0.2, 0.25) is 0 Å². The average molecular weight is 489 g/mol. The van der Waals surface area contributed by atoms with Crippen molar-refractivity contribution in [2.75, 3.05) is 26.7 Å². The monoisotopic (exact) mass is 488 g/mol. The van der Waals surface area contributed by atoms with Crippen LogP contribution in [-0.4, -0.2) is 31.6 Å². The molecule has 3 heteroatoms. The van der Waals surface area contributed by atoms with Gasteiger partial charge in [0.25, 0.3) is 0 Å². The van der Waals surface area contributed by atoms with E-state index in [4.69, 9.17) is 4.74 Å². The normalized spacial score (nSPS) is 19.4. The molecule has 36 heavy (non-hydrogen) atoms. The summed E-state index contributed by atoms with van der Waals surface area (Å²) in [6.45, 7) is 13.2. The molecule has 2 aromatic rings. The van der Waals surface area contributed by atoms with Crippen molar-refractivity contribution in [3.8, 4) is 5.75 Å². The second-order valence-electron chi connectivity index (χ2n) is 10.8. The Kier molecular flexibility index (Phi) is 11.6. The zero-order chi connectivity index (χ0) is 25.8. The van der Waals surface area contributed by atoms with Crippen LogP contribution in [0, 0.1) is 18.8 Å². The number of hydrogen-bond acceptors (Lipinski definition) is 3. The standard InChI is InChI=1S/C25H32O.C6H11N.C2H5N/c1-20-12-15-23(16-13-20)21(2)9-6-4-3-5-7-10-22-14-17-25-24(19-22)11-8-18-26-25;1-7-3-5-2-6(5)4-7;1-2-3/h12-17,19H,2-11,18H2,1H3;5-6H,2-4H2,1H3;2H,1,3H2. The number of unbranched alkanes of at least 4 members (excludes halogenated alkanes) is 4. The summed E-state index contributed by atoms with van der Waals surface area (Å²) >= 11 is 0. The van der Waals surface area contributed by atoms with Gasteiger partial charge in [-0.2, -0.15) is 0 Å². The highest BCUT2D eigenvalue weighted by Gasteiger charge is 2.43. The Bertz CT molecular complexity index is 939. The fourth-order valence-corrected chi connectivity index (χ4v) is 5.33. The van der Waals surface area contributed by atoms with E-state index >= 15 is 0 Å². The molecule has 5 rings (SSSR count). The number of hydrogen-bond donors (Lipinski definition) is 1. The Hall–Kier alpha value is -2.52. The van der Waals surface area contributed by atoms with Crippen molar-refractivity contribution in [2.24, 2.45) is 17.6 Å². The molecular formula is C33H48N2O. The first kappa shape index (κ1) is 28.1. The van der Waals surface area contributed by atoms with Crippen LogP contribution in [0.1, 0.15) is 73.6 Å². The number of aryl methyl sites for hydroxylation is 3. The fourth-order valence-electron chi connectivity index (χ4n) is 5.33. The molecule has 2 heterocycles. The Morgan fingerprint density at radius 1 is 1.03 bits per heavy atom. The van der Waals surface area contributed by atoms with E-state index in [-0.39, 0.29) is 0 Å². The summed E-state index contributed by atoms with van der Waals surface area (Å²) in [4.78, 5) is 2.43. The minimum absolute atomic E-state index is 0.878. The maximum atomic E-state index is 5.70. The van der Waals surface area contributed by atoms with Crippen molar-refractivity contribution in [3.05, 3.63) is 84.1 Å². The number of rotatable bonds is 9. The summed E-state index contributed by atoms with van der Waals surface area (Å²) in [5.74, 6) is 3.34. The third kappa shape index (κ3) is 9.50. The maximum absolute atomic E-state index is 5.70. The van der Waals surface area contributed by atoms with Gasteiger partial charge in [0, 0.05) is 13.1 Å². The van der Waals surface area contributed by atoms with Gasteiger partial charge in [0.15, 0.2) is 0 Å². The summed E-state index contributed by atoms with van der Waals surface area (Å²) in [6.07, 6.45) is 13.9. The molecule has 0 amide bonds. The molecule has 2 aliphatic heterocycles. The van der Waals surface area contributed by atoms with E-state index in [0.717, 1.165) is 37.0 Å². The van der Waals surface area contributed by atoms with Gasteiger partial charge in [-0.15, -0.1) is 0 Å². The highest BCUT2D eigenvalue weighted by atomic mass is 16.5. The number of nitrogens with two attached hydrogens (primary N) is 1. The van der Waals surface area contributed by atoms with Crippen molar-refractivity contribution in [1.82, 2.24) is 4.90 Å². The summed E-state index contributed by atoms with van der Waals surface area (Å²) in [5, 5.41) is 0. The van der Waals surface area contributed by atoms with Crippen LogP contribution in [-0.2, 0) is 12.8 Å². The molecule has 2 aromatic carbocycles. The zero-order valence-corrected chi connectivity index (χ0v) is 22.8. The van der Waals surface area contributed by atoms with Crippen LogP contribution < -0.4 is 10.5 Å². The molecule has 1 saturated heterocycles. The number of likely N-dealkylation sites (tertiary alicyclic amines) is 1. The Balaban J connectivity index is 0.000000298. The summed E-state index contributed by atoms with van der Waals surface area (Å²) in [5.41, 5.74) is 11.4. The minimum atomic E-state index is 0.878. The van der Waals surface area contributed by atoms with E-state index in [2.05, 4.69) is 80.2 Å². The van der Waals surface area contributed by atoms with Crippen molar-refractivity contribution < 1.29 is 4.74 Å². The highest BCUT2D eigenvalue weighted by Crippen LogP contribution is 2.44. The van der Waals surface area contributed by atoms with Crippen LogP contribution in [0.3, 0.4) is 0 Å². The Labute approximate surface area is 220 Å². The zero-order valence-electron chi connectivity index (χ0n) is 22.8. The molecule has 196 valence electrons. The fraction of sp³-hybridized carbons (Fsp3) is 0.515. The molecule has 1 saturated carbocycles. The van der Waals surface area contributed by atoms with Crippen LogP contribution >= 0.6 is 0 Å². The molecule has 3 aliphatic rings. The predicted molar refractivity (Wildman–Crippen MR) is 155 cm³/mol. The number of ether oxygens (including phenoxy) is 1. The minimum Gasteiger partial charge on any atom is -0.493 e. The first-order valence-electron chi connectivity index (χ1n) is 14.0. The molecule has 1 aliphatic carbocycles. The van der Waals surface area contributed by atoms with E-state index in [1.807, 2.05) is 0 Å². The van der Waals surface area contributed by atoms with Crippen LogP contribution in [0.15, 0.2) is 61.8 Å². The van der Waals surface area contributed by atoms with Gasteiger partial charge in [0.1, 0.15) is 5.75 Å². The van der Waals surface area contributed by atoms with Gasteiger partial charge < -0.3 is 15.4 Å². The van der Waals surface area contributed by atoms with Gasteiger partial charge in [-0.1, -0.05) is 74.4 Å². The second-order valence-corrected chi connectivity index (χ2v) is 10.8. The molecule has 0 bridgehead atoms. The number of fused-ring (bicyclic) bond motifs is 2. The van der Waals surface area contributed by atoms with Gasteiger partial charge in [0.2, 0.25) is 0 Å². The van der Waals surface area contributed by atoms with Gasteiger partial charge in [-0.05, 0) is 105 Å². The topological polar surface area (TPSA) is 38.5 Å². The maximum Gasteiger partial charge on any atom is 0.122 e. The number of piperidine rings is 1. The molecule has 2 atom stereocenters. The molecule has 0 aromatic heterocycles. The quantitative estimate of drug-likeness (QED) is 0.370. The SMILES string of the molecule is C=C(CCCCCCCc1ccc2c(c1)CCCO2)c1ccc(C)cc1.C=CN.CN1CC2CC2C1. The van der Waals surface area contributed by atoms with E-state index < -0.39 is 0 Å². The summed E-state index contributed by atoms with van der Waals surface area (Å²) in [6, 6.07) is 15.5.